The lowest BCUT2D eigenvalue weighted by Crippen LogP contribution is -2.44. The van der Waals surface area contributed by atoms with E-state index in [1.807, 2.05) is 36.9 Å². The maximum absolute atomic E-state index is 12.8. The lowest BCUT2D eigenvalue weighted by molar-refractivity contribution is -0.147. The Morgan fingerprint density at radius 2 is 1.77 bits per heavy atom. The van der Waals surface area contributed by atoms with Gasteiger partial charge in [0.2, 0.25) is 5.91 Å². The van der Waals surface area contributed by atoms with Gasteiger partial charge in [-0.3, -0.25) is 9.59 Å². The molecule has 1 atom stereocenters. The fourth-order valence-corrected chi connectivity index (χ4v) is 4.21. The molecule has 2 fully saturated rings. The third-order valence-electron chi connectivity index (χ3n) is 6.06. The first-order valence-corrected chi connectivity index (χ1v) is 9.09. The van der Waals surface area contributed by atoms with E-state index in [1.165, 1.54) is 11.8 Å². The number of hydrogen-bond acceptors (Lipinski definition) is 3. The molecule has 2 amide bonds. The summed E-state index contributed by atoms with van der Waals surface area (Å²) in [6.45, 7) is 7.12. The van der Waals surface area contributed by atoms with Crippen molar-refractivity contribution in [2.24, 2.45) is 5.41 Å². The molecule has 0 unspecified atom stereocenters. The quantitative estimate of drug-likeness (QED) is 0.879. The van der Waals surface area contributed by atoms with Crippen LogP contribution in [0.1, 0.15) is 47.7 Å². The van der Waals surface area contributed by atoms with Crippen molar-refractivity contribution in [2.75, 3.05) is 19.6 Å². The van der Waals surface area contributed by atoms with Crippen molar-refractivity contribution in [2.45, 2.75) is 46.1 Å². The molecule has 3 rings (SSSR count). The number of hydrogen-bond donors (Lipinski definition) is 1. The Morgan fingerprint density at radius 1 is 1.12 bits per heavy atom. The van der Waals surface area contributed by atoms with Crippen LogP contribution in [0.25, 0.3) is 0 Å². The molecule has 26 heavy (non-hydrogen) atoms. The molecule has 2 aliphatic heterocycles. The van der Waals surface area contributed by atoms with Gasteiger partial charge in [0.05, 0.1) is 0 Å². The molecule has 6 heteroatoms. The summed E-state index contributed by atoms with van der Waals surface area (Å²) in [4.78, 5) is 39.4. The van der Waals surface area contributed by atoms with Gasteiger partial charge in [0.15, 0.2) is 0 Å². The predicted molar refractivity (Wildman–Crippen MR) is 96.9 cm³/mol. The van der Waals surface area contributed by atoms with Crippen molar-refractivity contribution in [3.8, 4) is 0 Å². The number of aryl methyl sites for hydroxylation is 2. The second kappa shape index (κ2) is 6.74. The average Bonchev–Trinajstić information content (AvgIpc) is 2.97. The van der Waals surface area contributed by atoms with Crippen molar-refractivity contribution < 1.29 is 19.5 Å². The monoisotopic (exact) mass is 358 g/mol. The van der Waals surface area contributed by atoms with Crippen LogP contribution in [0.3, 0.4) is 0 Å². The third-order valence-corrected chi connectivity index (χ3v) is 6.06. The smallest absolute Gasteiger partial charge is 0.326 e. The molecule has 0 saturated carbocycles. The summed E-state index contributed by atoms with van der Waals surface area (Å²) in [6.07, 6.45) is 1.95. The van der Waals surface area contributed by atoms with E-state index in [4.69, 9.17) is 0 Å². The lowest BCUT2D eigenvalue weighted by Gasteiger charge is -2.39. The number of carboxylic acids is 1. The van der Waals surface area contributed by atoms with Crippen LogP contribution in [0, 0.1) is 19.3 Å². The van der Waals surface area contributed by atoms with E-state index in [0.29, 0.717) is 31.6 Å². The Morgan fingerprint density at radius 3 is 2.27 bits per heavy atom. The number of piperidine rings is 1. The number of carboxylic acid groups (broad SMARTS) is 1. The highest BCUT2D eigenvalue weighted by atomic mass is 16.4. The first-order valence-electron chi connectivity index (χ1n) is 9.09. The zero-order chi connectivity index (χ0) is 19.1. The van der Waals surface area contributed by atoms with Gasteiger partial charge in [0.1, 0.15) is 6.04 Å². The average molecular weight is 358 g/mol. The van der Waals surface area contributed by atoms with Crippen LogP contribution in [-0.4, -0.2) is 58.4 Å². The van der Waals surface area contributed by atoms with Gasteiger partial charge in [-0.15, -0.1) is 0 Å². The van der Waals surface area contributed by atoms with Crippen molar-refractivity contribution >= 4 is 17.8 Å². The van der Waals surface area contributed by atoms with E-state index < -0.39 is 12.0 Å². The van der Waals surface area contributed by atoms with Gasteiger partial charge in [-0.25, -0.2) is 4.79 Å². The number of benzene rings is 1. The summed E-state index contributed by atoms with van der Waals surface area (Å²) < 4.78 is 0. The number of aliphatic carboxylic acids is 1. The minimum atomic E-state index is -0.939. The minimum absolute atomic E-state index is 0.0270. The number of carbonyl (C=O) groups excluding carboxylic acids is 2. The standard InChI is InChI=1S/C20H26N2O4/c1-13-4-5-16(10-14(13)2)18(24)21-8-6-20(7-9-21)11-17(19(25)26)22(12-20)15(3)23/h4-5,10,17H,6-9,11-12H2,1-3H3,(H,25,26)/t17-/m1/s1. The second-order valence-electron chi connectivity index (χ2n) is 7.80. The molecule has 1 aromatic carbocycles. The van der Waals surface area contributed by atoms with E-state index in [1.54, 1.807) is 0 Å². The molecule has 140 valence electrons. The van der Waals surface area contributed by atoms with Crippen LogP contribution in [0.15, 0.2) is 18.2 Å². The van der Waals surface area contributed by atoms with Gasteiger partial charge in [-0.1, -0.05) is 6.07 Å². The van der Waals surface area contributed by atoms with E-state index in [2.05, 4.69) is 0 Å². The van der Waals surface area contributed by atoms with Gasteiger partial charge in [-0.05, 0) is 61.8 Å². The lowest BCUT2D eigenvalue weighted by atomic mass is 9.76. The van der Waals surface area contributed by atoms with Gasteiger partial charge < -0.3 is 14.9 Å². The molecule has 0 aliphatic carbocycles. The predicted octanol–water partition coefficient (Wildman–Crippen LogP) is 2.23. The van der Waals surface area contributed by atoms with Crippen LogP contribution in [0.4, 0.5) is 0 Å². The Bertz CT molecular complexity index is 726. The number of rotatable bonds is 2. The molecule has 0 radical (unpaired) electrons. The molecule has 2 aliphatic rings. The number of carbonyl (C=O) groups is 3. The number of amides is 2. The topological polar surface area (TPSA) is 77.9 Å². The Labute approximate surface area is 153 Å². The van der Waals surface area contributed by atoms with E-state index in [0.717, 1.165) is 24.0 Å². The van der Waals surface area contributed by atoms with E-state index >= 15 is 0 Å². The van der Waals surface area contributed by atoms with Crippen molar-refractivity contribution in [3.63, 3.8) is 0 Å². The van der Waals surface area contributed by atoms with Crippen LogP contribution in [-0.2, 0) is 9.59 Å². The van der Waals surface area contributed by atoms with Gasteiger partial charge in [0.25, 0.3) is 5.91 Å². The molecule has 1 spiro atoms. The van der Waals surface area contributed by atoms with Crippen LogP contribution < -0.4 is 0 Å². The summed E-state index contributed by atoms with van der Waals surface area (Å²) >= 11 is 0. The fraction of sp³-hybridized carbons (Fsp3) is 0.550. The van der Waals surface area contributed by atoms with Gasteiger partial charge in [0, 0.05) is 32.1 Å². The molecule has 2 heterocycles. The highest BCUT2D eigenvalue weighted by Crippen LogP contribution is 2.43. The first kappa shape index (κ1) is 18.4. The number of likely N-dealkylation sites (tertiary alicyclic amines) is 2. The Hall–Kier alpha value is -2.37. The SMILES string of the molecule is CC(=O)N1CC2(CCN(C(=O)c3ccc(C)c(C)c3)CC2)C[C@@H]1C(=O)O. The van der Waals surface area contributed by atoms with E-state index in [-0.39, 0.29) is 17.2 Å². The third kappa shape index (κ3) is 3.32. The van der Waals surface area contributed by atoms with Gasteiger partial charge >= 0.3 is 5.97 Å². The molecule has 0 aromatic heterocycles. The molecule has 2 saturated heterocycles. The molecular formula is C20H26N2O4. The second-order valence-corrected chi connectivity index (χ2v) is 7.80. The normalized spacial score (nSPS) is 21.9. The first-order chi connectivity index (χ1) is 12.2. The molecule has 1 aromatic rings. The summed E-state index contributed by atoms with van der Waals surface area (Å²) in [7, 11) is 0. The summed E-state index contributed by atoms with van der Waals surface area (Å²) in [5, 5.41) is 9.43. The van der Waals surface area contributed by atoms with Crippen molar-refractivity contribution in [1.82, 2.24) is 9.80 Å². The minimum Gasteiger partial charge on any atom is -0.480 e. The number of nitrogens with zero attached hydrogens (tertiary/aromatic N) is 2. The van der Waals surface area contributed by atoms with E-state index in [9.17, 15) is 19.5 Å². The summed E-state index contributed by atoms with van der Waals surface area (Å²) in [6, 6.07) is 5.01. The highest BCUT2D eigenvalue weighted by molar-refractivity contribution is 5.94. The van der Waals surface area contributed by atoms with Gasteiger partial charge in [-0.2, -0.15) is 0 Å². The molecule has 0 bridgehead atoms. The Balaban J connectivity index is 1.69. The Kier molecular flexibility index (Phi) is 4.78. The largest absolute Gasteiger partial charge is 0.480 e. The fourth-order valence-electron chi connectivity index (χ4n) is 4.21. The molecule has 6 nitrogen and oxygen atoms in total. The van der Waals surface area contributed by atoms with Crippen molar-refractivity contribution in [1.29, 1.82) is 0 Å². The van der Waals surface area contributed by atoms with Crippen LogP contribution in [0.5, 0.6) is 0 Å². The molecule has 1 N–H and O–H groups in total. The summed E-state index contributed by atoms with van der Waals surface area (Å²) in [5.41, 5.74) is 2.77. The van der Waals surface area contributed by atoms with Crippen molar-refractivity contribution in [3.05, 3.63) is 34.9 Å². The highest BCUT2D eigenvalue weighted by Gasteiger charge is 2.49. The zero-order valence-electron chi connectivity index (χ0n) is 15.6. The van der Waals surface area contributed by atoms with Crippen LogP contribution in [0.2, 0.25) is 0 Å². The van der Waals surface area contributed by atoms with Crippen LogP contribution >= 0.6 is 0 Å². The summed E-state index contributed by atoms with van der Waals surface area (Å²) in [5.74, 6) is -1.10. The maximum Gasteiger partial charge on any atom is 0.326 e. The molecular weight excluding hydrogens is 332 g/mol. The maximum atomic E-state index is 12.8. The zero-order valence-corrected chi connectivity index (χ0v) is 15.6.